The molecule has 1 atom stereocenters. The quantitative estimate of drug-likeness (QED) is 0.861. The maximum Gasteiger partial charge on any atom is 0.234 e. The van der Waals surface area contributed by atoms with Crippen LogP contribution < -0.4 is 5.32 Å². The minimum Gasteiger partial charge on any atom is -0.350 e. The zero-order valence-electron chi connectivity index (χ0n) is 12.9. The van der Waals surface area contributed by atoms with Crippen molar-refractivity contribution in [2.75, 3.05) is 0 Å². The molecule has 0 bridgehead atoms. The number of carbonyl (C=O) groups is 1. The fourth-order valence-corrected chi connectivity index (χ4v) is 2.78. The van der Waals surface area contributed by atoms with E-state index in [0.29, 0.717) is 0 Å². The predicted octanol–water partition coefficient (Wildman–Crippen LogP) is 3.55. The molecule has 108 valence electrons. The average molecular weight is 272 g/mol. The van der Waals surface area contributed by atoms with Gasteiger partial charge in [0.05, 0.1) is 6.07 Å². The third-order valence-electron chi connectivity index (χ3n) is 3.80. The SMILES string of the molecule is CCC(C)(CC(C)(C)NC(=O)CC#N)c1ccccc1. The lowest BCUT2D eigenvalue weighted by molar-refractivity contribution is -0.121. The van der Waals surface area contributed by atoms with Gasteiger partial charge in [0, 0.05) is 5.54 Å². The number of nitrogens with zero attached hydrogens (tertiary/aromatic N) is 1. The van der Waals surface area contributed by atoms with E-state index >= 15 is 0 Å². The summed E-state index contributed by atoms with van der Waals surface area (Å²) >= 11 is 0. The lowest BCUT2D eigenvalue weighted by Gasteiger charge is -2.38. The summed E-state index contributed by atoms with van der Waals surface area (Å²) < 4.78 is 0. The summed E-state index contributed by atoms with van der Waals surface area (Å²) in [5.74, 6) is -0.205. The topological polar surface area (TPSA) is 52.9 Å². The van der Waals surface area contributed by atoms with E-state index in [1.807, 2.05) is 38.1 Å². The van der Waals surface area contributed by atoms with Crippen molar-refractivity contribution >= 4 is 5.91 Å². The minimum atomic E-state index is -0.339. The van der Waals surface area contributed by atoms with Gasteiger partial charge in [-0.2, -0.15) is 5.26 Å². The van der Waals surface area contributed by atoms with Gasteiger partial charge < -0.3 is 5.32 Å². The van der Waals surface area contributed by atoms with Gasteiger partial charge in [0.1, 0.15) is 6.42 Å². The number of amides is 1. The van der Waals surface area contributed by atoms with Gasteiger partial charge in [-0.25, -0.2) is 0 Å². The van der Waals surface area contributed by atoms with Crippen LogP contribution in [0.2, 0.25) is 0 Å². The second kappa shape index (κ2) is 6.56. The molecule has 1 aromatic carbocycles. The van der Waals surface area contributed by atoms with Gasteiger partial charge in [-0.15, -0.1) is 0 Å². The largest absolute Gasteiger partial charge is 0.350 e. The summed E-state index contributed by atoms with van der Waals surface area (Å²) in [6.45, 7) is 8.42. The zero-order chi connectivity index (χ0) is 15.2. The first-order chi connectivity index (χ1) is 9.33. The summed E-state index contributed by atoms with van der Waals surface area (Å²) in [5, 5.41) is 11.5. The van der Waals surface area contributed by atoms with Crippen molar-refractivity contribution in [1.82, 2.24) is 5.32 Å². The number of hydrogen-bond acceptors (Lipinski definition) is 2. The van der Waals surface area contributed by atoms with E-state index in [0.717, 1.165) is 12.8 Å². The van der Waals surface area contributed by atoms with E-state index in [1.165, 1.54) is 5.56 Å². The van der Waals surface area contributed by atoms with E-state index in [4.69, 9.17) is 5.26 Å². The molecule has 0 aromatic heterocycles. The Bertz CT molecular complexity index is 487. The van der Waals surface area contributed by atoms with Gasteiger partial charge in [0.25, 0.3) is 0 Å². The maximum atomic E-state index is 11.6. The Morgan fingerprint density at radius 2 is 1.85 bits per heavy atom. The van der Waals surface area contributed by atoms with E-state index in [-0.39, 0.29) is 23.3 Å². The molecule has 1 amide bonds. The summed E-state index contributed by atoms with van der Waals surface area (Å²) in [4.78, 5) is 11.6. The number of nitrogens with one attached hydrogen (secondary N) is 1. The van der Waals surface area contributed by atoms with Crippen molar-refractivity contribution in [3.05, 3.63) is 35.9 Å². The molecule has 0 aliphatic rings. The number of benzene rings is 1. The molecular formula is C17H24N2O. The summed E-state index contributed by atoms with van der Waals surface area (Å²) in [6.07, 6.45) is 1.74. The van der Waals surface area contributed by atoms with Gasteiger partial charge in [-0.05, 0) is 37.7 Å². The van der Waals surface area contributed by atoms with Crippen LogP contribution in [0.25, 0.3) is 0 Å². The predicted molar refractivity (Wildman–Crippen MR) is 81.2 cm³/mol. The van der Waals surface area contributed by atoms with Gasteiger partial charge >= 0.3 is 0 Å². The first-order valence-electron chi connectivity index (χ1n) is 7.06. The Labute approximate surface area is 122 Å². The molecule has 0 fully saturated rings. The Morgan fingerprint density at radius 3 is 2.35 bits per heavy atom. The highest BCUT2D eigenvalue weighted by molar-refractivity contribution is 5.78. The second-order valence-corrected chi connectivity index (χ2v) is 6.22. The molecule has 0 saturated heterocycles. The number of rotatable bonds is 6. The van der Waals surface area contributed by atoms with E-state index in [2.05, 4.69) is 31.3 Å². The third-order valence-corrected chi connectivity index (χ3v) is 3.80. The maximum absolute atomic E-state index is 11.6. The van der Waals surface area contributed by atoms with Crippen molar-refractivity contribution in [1.29, 1.82) is 5.26 Å². The second-order valence-electron chi connectivity index (χ2n) is 6.22. The lowest BCUT2D eigenvalue weighted by Crippen LogP contribution is -2.47. The van der Waals surface area contributed by atoms with Crippen LogP contribution in [0.15, 0.2) is 30.3 Å². The molecule has 0 radical (unpaired) electrons. The van der Waals surface area contributed by atoms with Crippen LogP contribution in [0.1, 0.15) is 52.5 Å². The van der Waals surface area contributed by atoms with Gasteiger partial charge in [0.15, 0.2) is 0 Å². The van der Waals surface area contributed by atoms with E-state index in [1.54, 1.807) is 0 Å². The van der Waals surface area contributed by atoms with Crippen LogP contribution in [0.5, 0.6) is 0 Å². The van der Waals surface area contributed by atoms with Gasteiger partial charge in [-0.3, -0.25) is 4.79 Å². The van der Waals surface area contributed by atoms with Crippen LogP contribution in [0, 0.1) is 11.3 Å². The number of nitriles is 1. The van der Waals surface area contributed by atoms with E-state index < -0.39 is 0 Å². The minimum absolute atomic E-state index is 0.00465. The molecule has 20 heavy (non-hydrogen) atoms. The fraction of sp³-hybridized carbons (Fsp3) is 0.529. The molecule has 0 aliphatic heterocycles. The summed E-state index contributed by atoms with van der Waals surface area (Å²) in [6, 6.07) is 12.3. The summed E-state index contributed by atoms with van der Waals surface area (Å²) in [5.41, 5.74) is 0.948. The van der Waals surface area contributed by atoms with Crippen molar-refractivity contribution in [3.63, 3.8) is 0 Å². The molecule has 1 aromatic rings. The molecule has 1 N–H and O–H groups in total. The molecule has 1 rings (SSSR count). The van der Waals surface area contributed by atoms with Crippen LogP contribution in [0.4, 0.5) is 0 Å². The van der Waals surface area contributed by atoms with Gasteiger partial charge in [-0.1, -0.05) is 44.2 Å². The highest BCUT2D eigenvalue weighted by atomic mass is 16.1. The fourth-order valence-electron chi connectivity index (χ4n) is 2.78. The normalized spacial score (nSPS) is 14.2. The molecule has 0 aliphatic carbocycles. The summed E-state index contributed by atoms with van der Waals surface area (Å²) in [7, 11) is 0. The monoisotopic (exact) mass is 272 g/mol. The Kier molecular flexibility index (Phi) is 5.33. The van der Waals surface area contributed by atoms with Crippen molar-refractivity contribution in [2.45, 2.75) is 57.9 Å². The Balaban J connectivity index is 2.87. The lowest BCUT2D eigenvalue weighted by atomic mass is 9.72. The third kappa shape index (κ3) is 4.38. The van der Waals surface area contributed by atoms with Crippen molar-refractivity contribution < 1.29 is 4.79 Å². The zero-order valence-corrected chi connectivity index (χ0v) is 12.9. The van der Waals surface area contributed by atoms with Crippen LogP contribution in [0.3, 0.4) is 0 Å². The molecule has 0 saturated carbocycles. The van der Waals surface area contributed by atoms with Crippen LogP contribution in [-0.2, 0) is 10.2 Å². The standard InChI is InChI=1S/C17H24N2O/c1-5-17(4,14-9-7-6-8-10-14)13-16(2,3)19-15(20)11-12-18/h6-10H,5,11,13H2,1-4H3,(H,19,20). The smallest absolute Gasteiger partial charge is 0.234 e. The highest BCUT2D eigenvalue weighted by Gasteiger charge is 2.33. The molecule has 1 unspecified atom stereocenters. The highest BCUT2D eigenvalue weighted by Crippen LogP contribution is 2.35. The average Bonchev–Trinajstić information content (AvgIpc) is 2.38. The Morgan fingerprint density at radius 1 is 1.25 bits per heavy atom. The van der Waals surface area contributed by atoms with Crippen LogP contribution >= 0.6 is 0 Å². The number of hydrogen-bond donors (Lipinski definition) is 1. The van der Waals surface area contributed by atoms with Gasteiger partial charge in [0.2, 0.25) is 5.91 Å². The first-order valence-corrected chi connectivity index (χ1v) is 7.06. The first kappa shape index (κ1) is 16.2. The van der Waals surface area contributed by atoms with E-state index in [9.17, 15) is 4.79 Å². The number of carbonyl (C=O) groups excluding carboxylic acids is 1. The molecule has 3 heteroatoms. The Hall–Kier alpha value is -1.82. The molecular weight excluding hydrogens is 248 g/mol. The van der Waals surface area contributed by atoms with Crippen LogP contribution in [-0.4, -0.2) is 11.4 Å². The molecule has 0 spiro atoms. The van der Waals surface area contributed by atoms with Crippen molar-refractivity contribution in [2.24, 2.45) is 0 Å². The molecule has 0 heterocycles. The molecule has 3 nitrogen and oxygen atoms in total. The van der Waals surface area contributed by atoms with Crippen molar-refractivity contribution in [3.8, 4) is 6.07 Å².